The van der Waals surface area contributed by atoms with E-state index in [9.17, 15) is 8.42 Å². The lowest BCUT2D eigenvalue weighted by Crippen LogP contribution is -2.47. The predicted octanol–water partition coefficient (Wildman–Crippen LogP) is -0.150. The molecule has 0 aromatic carbocycles. The Bertz CT molecular complexity index is 237. The van der Waals surface area contributed by atoms with Gasteiger partial charge in [0.15, 0.2) is 0 Å². The van der Waals surface area contributed by atoms with Gasteiger partial charge in [-0.3, -0.25) is 0 Å². The van der Waals surface area contributed by atoms with Gasteiger partial charge in [0.1, 0.15) is 0 Å². The number of rotatable bonds is 4. The van der Waals surface area contributed by atoms with Crippen molar-refractivity contribution < 1.29 is 8.42 Å². The number of piperazine rings is 1. The fourth-order valence-electron chi connectivity index (χ4n) is 1.29. The summed E-state index contributed by atoms with van der Waals surface area (Å²) >= 11 is 5.45. The topological polar surface area (TPSA) is 49.4 Å². The Morgan fingerprint density at radius 3 is 2.46 bits per heavy atom. The van der Waals surface area contributed by atoms with Gasteiger partial charge in [-0.25, -0.2) is 8.42 Å². The highest BCUT2D eigenvalue weighted by Gasteiger charge is 2.22. The molecular weight excluding hydrogens is 212 g/mol. The number of nitrogens with one attached hydrogen (secondary N) is 1. The van der Waals surface area contributed by atoms with E-state index in [4.69, 9.17) is 11.6 Å². The number of nitrogens with zero attached hydrogens (tertiary/aromatic N) is 1. The van der Waals surface area contributed by atoms with Crippen LogP contribution < -0.4 is 5.32 Å². The van der Waals surface area contributed by atoms with Gasteiger partial charge >= 0.3 is 0 Å². The van der Waals surface area contributed by atoms with E-state index in [2.05, 4.69) is 5.32 Å². The van der Waals surface area contributed by atoms with Gasteiger partial charge in [0.2, 0.25) is 10.0 Å². The second-order valence-corrected chi connectivity index (χ2v) is 5.47. The highest BCUT2D eigenvalue weighted by atomic mass is 35.5. The number of halogens is 1. The third-order valence-electron chi connectivity index (χ3n) is 2.01. The molecule has 0 atom stereocenters. The van der Waals surface area contributed by atoms with Gasteiger partial charge in [0.05, 0.1) is 5.75 Å². The van der Waals surface area contributed by atoms with Crippen LogP contribution in [0.2, 0.25) is 0 Å². The molecule has 1 N–H and O–H groups in total. The van der Waals surface area contributed by atoms with Crippen LogP contribution in [0.15, 0.2) is 0 Å². The number of hydrogen-bond acceptors (Lipinski definition) is 3. The normalized spacial score (nSPS) is 20.4. The molecular formula is C7H15ClN2O2S. The first kappa shape index (κ1) is 11.2. The van der Waals surface area contributed by atoms with Gasteiger partial charge in [-0.2, -0.15) is 4.31 Å². The van der Waals surface area contributed by atoms with Crippen molar-refractivity contribution in [2.45, 2.75) is 6.42 Å². The Hall–Kier alpha value is 0.160. The lowest BCUT2D eigenvalue weighted by atomic mass is 10.4. The molecule has 1 heterocycles. The summed E-state index contributed by atoms with van der Waals surface area (Å²) in [5.41, 5.74) is 0. The summed E-state index contributed by atoms with van der Waals surface area (Å²) < 4.78 is 24.7. The molecule has 0 unspecified atom stereocenters. The molecule has 1 fully saturated rings. The lowest BCUT2D eigenvalue weighted by Gasteiger charge is -2.26. The maximum atomic E-state index is 11.6. The van der Waals surface area contributed by atoms with Gasteiger partial charge in [-0.05, 0) is 6.42 Å². The third-order valence-corrected chi connectivity index (χ3v) is 4.23. The average molecular weight is 227 g/mol. The van der Waals surface area contributed by atoms with Gasteiger partial charge < -0.3 is 5.32 Å². The Labute approximate surface area is 84.3 Å². The van der Waals surface area contributed by atoms with Crippen LogP contribution in [0.4, 0.5) is 0 Å². The maximum absolute atomic E-state index is 11.6. The summed E-state index contributed by atoms with van der Waals surface area (Å²) in [6.45, 7) is 2.68. The SMILES string of the molecule is O=S(=O)(CCCCl)N1CCNCC1. The summed E-state index contributed by atoms with van der Waals surface area (Å²) in [6, 6.07) is 0. The van der Waals surface area contributed by atoms with Crippen LogP contribution in [-0.2, 0) is 10.0 Å². The van der Waals surface area contributed by atoms with Crippen LogP contribution >= 0.6 is 11.6 Å². The number of hydrogen-bond donors (Lipinski definition) is 1. The molecule has 0 spiro atoms. The monoisotopic (exact) mass is 226 g/mol. The van der Waals surface area contributed by atoms with Crippen LogP contribution in [0.25, 0.3) is 0 Å². The number of alkyl halides is 1. The van der Waals surface area contributed by atoms with E-state index in [-0.39, 0.29) is 5.75 Å². The minimum absolute atomic E-state index is 0.177. The van der Waals surface area contributed by atoms with Crippen molar-refractivity contribution in [3.05, 3.63) is 0 Å². The molecule has 0 aromatic rings. The summed E-state index contributed by atoms with van der Waals surface area (Å²) in [7, 11) is -3.04. The molecule has 0 bridgehead atoms. The fraction of sp³-hybridized carbons (Fsp3) is 1.00. The first-order valence-electron chi connectivity index (χ1n) is 4.41. The molecule has 1 saturated heterocycles. The first-order valence-corrected chi connectivity index (χ1v) is 6.56. The zero-order chi connectivity index (χ0) is 9.73. The van der Waals surface area contributed by atoms with Crippen LogP contribution in [0.3, 0.4) is 0 Å². The molecule has 1 aliphatic heterocycles. The highest BCUT2D eigenvalue weighted by molar-refractivity contribution is 7.89. The Morgan fingerprint density at radius 1 is 1.31 bits per heavy atom. The van der Waals surface area contributed by atoms with E-state index in [0.29, 0.717) is 25.4 Å². The molecule has 0 aliphatic carbocycles. The highest BCUT2D eigenvalue weighted by Crippen LogP contribution is 2.05. The van der Waals surface area contributed by atoms with E-state index < -0.39 is 10.0 Å². The lowest BCUT2D eigenvalue weighted by molar-refractivity contribution is 0.360. The second-order valence-electron chi connectivity index (χ2n) is 3.01. The second kappa shape index (κ2) is 5.14. The van der Waals surface area contributed by atoms with Crippen molar-refractivity contribution in [1.82, 2.24) is 9.62 Å². The standard InChI is InChI=1S/C7H15ClN2O2S/c8-2-1-7-13(11,12)10-5-3-9-4-6-10/h9H,1-7H2. The van der Waals surface area contributed by atoms with Gasteiger partial charge in [-0.15, -0.1) is 11.6 Å². The molecule has 13 heavy (non-hydrogen) atoms. The van der Waals surface area contributed by atoms with Gasteiger partial charge in [0, 0.05) is 32.1 Å². The van der Waals surface area contributed by atoms with E-state index in [1.54, 1.807) is 0 Å². The third kappa shape index (κ3) is 3.42. The Balaban J connectivity index is 2.47. The molecule has 0 saturated carbocycles. The summed E-state index contributed by atoms with van der Waals surface area (Å²) in [4.78, 5) is 0. The van der Waals surface area contributed by atoms with Crippen LogP contribution in [-0.4, -0.2) is 50.5 Å². The van der Waals surface area contributed by atoms with Crippen molar-refractivity contribution in [2.75, 3.05) is 37.8 Å². The minimum Gasteiger partial charge on any atom is -0.314 e. The van der Waals surface area contributed by atoms with Crippen LogP contribution in [0.5, 0.6) is 0 Å². The molecule has 4 nitrogen and oxygen atoms in total. The van der Waals surface area contributed by atoms with Crippen molar-refractivity contribution in [3.8, 4) is 0 Å². The molecule has 0 aromatic heterocycles. The summed E-state index contributed by atoms with van der Waals surface area (Å²) in [5.74, 6) is 0.585. The summed E-state index contributed by atoms with van der Waals surface area (Å²) in [6.07, 6.45) is 0.536. The smallest absolute Gasteiger partial charge is 0.214 e. The van der Waals surface area contributed by atoms with Crippen LogP contribution in [0.1, 0.15) is 6.42 Å². The molecule has 1 rings (SSSR count). The molecule has 0 radical (unpaired) electrons. The average Bonchev–Trinajstić information content (AvgIpc) is 2.16. The van der Waals surface area contributed by atoms with Crippen molar-refractivity contribution in [1.29, 1.82) is 0 Å². The Kier molecular flexibility index (Phi) is 4.45. The van der Waals surface area contributed by atoms with Crippen molar-refractivity contribution in [2.24, 2.45) is 0 Å². The van der Waals surface area contributed by atoms with Crippen molar-refractivity contribution >= 4 is 21.6 Å². The fourth-order valence-corrected chi connectivity index (χ4v) is 3.09. The molecule has 1 aliphatic rings. The first-order chi connectivity index (χ1) is 6.17. The minimum atomic E-state index is -3.04. The van der Waals surface area contributed by atoms with Gasteiger partial charge in [-0.1, -0.05) is 0 Å². The van der Waals surface area contributed by atoms with E-state index >= 15 is 0 Å². The van der Waals surface area contributed by atoms with E-state index in [1.165, 1.54) is 4.31 Å². The van der Waals surface area contributed by atoms with E-state index in [0.717, 1.165) is 13.1 Å². The van der Waals surface area contributed by atoms with E-state index in [1.807, 2.05) is 0 Å². The molecule has 6 heteroatoms. The van der Waals surface area contributed by atoms with Gasteiger partial charge in [0.25, 0.3) is 0 Å². The number of sulfonamides is 1. The zero-order valence-corrected chi connectivity index (χ0v) is 9.07. The molecule has 78 valence electrons. The maximum Gasteiger partial charge on any atom is 0.214 e. The largest absolute Gasteiger partial charge is 0.314 e. The van der Waals surface area contributed by atoms with Crippen molar-refractivity contribution in [3.63, 3.8) is 0 Å². The van der Waals surface area contributed by atoms with Crippen LogP contribution in [0, 0.1) is 0 Å². The summed E-state index contributed by atoms with van der Waals surface area (Å²) in [5, 5.41) is 3.11. The Morgan fingerprint density at radius 2 is 1.92 bits per heavy atom. The quantitative estimate of drug-likeness (QED) is 0.679. The molecule has 0 amide bonds. The zero-order valence-electron chi connectivity index (χ0n) is 7.50. The predicted molar refractivity (Wildman–Crippen MR) is 53.6 cm³/mol.